The summed E-state index contributed by atoms with van der Waals surface area (Å²) in [6.45, 7) is 1.88. The Morgan fingerprint density at radius 1 is 1.40 bits per heavy atom. The van der Waals surface area contributed by atoms with Crippen molar-refractivity contribution < 1.29 is 14.3 Å². The maximum atomic E-state index is 11.4. The van der Waals surface area contributed by atoms with Crippen LogP contribution in [0.15, 0.2) is 28.9 Å². The molecular formula is C12H9BrCl2N2O3. The molecule has 0 aliphatic carbocycles. The average Bonchev–Trinajstić information content (AvgIpc) is 2.72. The van der Waals surface area contributed by atoms with E-state index >= 15 is 0 Å². The number of hydrogen-bond donors (Lipinski definition) is 0. The van der Waals surface area contributed by atoms with E-state index in [1.165, 1.54) is 10.9 Å². The van der Waals surface area contributed by atoms with Gasteiger partial charge in [-0.3, -0.25) is 0 Å². The summed E-state index contributed by atoms with van der Waals surface area (Å²) in [5, 5.41) is 4.84. The minimum absolute atomic E-state index is 0.137. The van der Waals surface area contributed by atoms with Crippen molar-refractivity contribution in [2.24, 2.45) is 0 Å². The van der Waals surface area contributed by atoms with Crippen LogP contribution in [0.25, 0.3) is 5.69 Å². The summed E-state index contributed by atoms with van der Waals surface area (Å²) < 4.78 is 11.6. The molecular weight excluding hydrogens is 371 g/mol. The number of rotatable bonds is 3. The summed E-state index contributed by atoms with van der Waals surface area (Å²) in [5.41, 5.74) is 0.417. The van der Waals surface area contributed by atoms with Gasteiger partial charge in [-0.15, -0.1) is 0 Å². The van der Waals surface area contributed by atoms with E-state index in [9.17, 15) is 4.79 Å². The van der Waals surface area contributed by atoms with Gasteiger partial charge in [-0.1, -0.05) is 29.3 Å². The van der Waals surface area contributed by atoms with E-state index in [-0.39, 0.29) is 12.5 Å². The van der Waals surface area contributed by atoms with Gasteiger partial charge >= 0.3 is 6.16 Å². The van der Waals surface area contributed by atoms with Crippen LogP contribution in [0.5, 0.6) is 5.88 Å². The molecule has 5 nitrogen and oxygen atoms in total. The summed E-state index contributed by atoms with van der Waals surface area (Å²) in [7, 11) is 0. The van der Waals surface area contributed by atoms with Gasteiger partial charge in [0.05, 0.1) is 22.8 Å². The largest absolute Gasteiger partial charge is 0.515 e. The molecule has 0 unspecified atom stereocenters. The van der Waals surface area contributed by atoms with Gasteiger partial charge in [-0.25, -0.2) is 4.79 Å². The summed E-state index contributed by atoms with van der Waals surface area (Å²) in [5.74, 6) is 0.137. The molecule has 0 aliphatic rings. The van der Waals surface area contributed by atoms with Crippen LogP contribution in [0.2, 0.25) is 10.0 Å². The Balaban J connectivity index is 2.46. The van der Waals surface area contributed by atoms with Gasteiger partial charge in [-0.2, -0.15) is 9.78 Å². The van der Waals surface area contributed by atoms with E-state index in [2.05, 4.69) is 21.0 Å². The summed E-state index contributed by atoms with van der Waals surface area (Å²) >= 11 is 15.5. The van der Waals surface area contributed by atoms with Crippen molar-refractivity contribution in [1.29, 1.82) is 0 Å². The average molecular weight is 380 g/mol. The number of ether oxygens (including phenoxy) is 2. The molecule has 20 heavy (non-hydrogen) atoms. The predicted octanol–water partition coefficient (Wildman–Crippen LogP) is 4.48. The van der Waals surface area contributed by atoms with Crippen molar-refractivity contribution in [2.45, 2.75) is 6.92 Å². The molecule has 0 amide bonds. The molecule has 0 spiro atoms. The lowest BCUT2D eigenvalue weighted by molar-refractivity contribution is 0.101. The van der Waals surface area contributed by atoms with Crippen LogP contribution in [0, 0.1) is 0 Å². The van der Waals surface area contributed by atoms with E-state index in [1.807, 2.05) is 0 Å². The van der Waals surface area contributed by atoms with E-state index in [4.69, 9.17) is 32.7 Å². The summed E-state index contributed by atoms with van der Waals surface area (Å²) in [6.07, 6.45) is 0.631. The van der Waals surface area contributed by atoms with E-state index in [0.717, 1.165) is 0 Å². The Morgan fingerprint density at radius 2 is 2.05 bits per heavy atom. The zero-order chi connectivity index (χ0) is 14.7. The Labute approximate surface area is 133 Å². The second-order valence-electron chi connectivity index (χ2n) is 3.56. The van der Waals surface area contributed by atoms with Gasteiger partial charge in [0.25, 0.3) is 0 Å². The molecule has 1 heterocycles. The fraction of sp³-hybridized carbons (Fsp3) is 0.167. The third kappa shape index (κ3) is 3.08. The second-order valence-corrected chi connectivity index (χ2v) is 5.23. The molecule has 106 valence electrons. The lowest BCUT2D eigenvalue weighted by Gasteiger charge is -2.11. The van der Waals surface area contributed by atoms with Crippen LogP contribution in [0.1, 0.15) is 6.92 Å². The summed E-state index contributed by atoms with van der Waals surface area (Å²) in [6, 6.07) is 5.03. The van der Waals surface area contributed by atoms with Gasteiger partial charge in [-0.05, 0) is 35.0 Å². The van der Waals surface area contributed by atoms with Gasteiger partial charge in [0.2, 0.25) is 5.88 Å². The number of nitrogens with zero attached hydrogens (tertiary/aromatic N) is 2. The quantitative estimate of drug-likeness (QED) is 0.738. The Bertz CT molecular complexity index is 625. The first kappa shape index (κ1) is 15.2. The molecule has 1 aromatic carbocycles. The number of halogens is 3. The Morgan fingerprint density at radius 3 is 2.65 bits per heavy atom. The van der Waals surface area contributed by atoms with Gasteiger partial charge in [0.15, 0.2) is 0 Å². The standard InChI is InChI=1S/C12H9BrCl2N2O3/c1-2-19-12(18)20-11-7(13)6-16-17(11)10-8(14)4-3-5-9(10)15/h3-6H,2H2,1H3. The van der Waals surface area contributed by atoms with Crippen molar-refractivity contribution in [1.82, 2.24) is 9.78 Å². The molecule has 0 aliphatic heterocycles. The van der Waals surface area contributed by atoms with Crippen molar-refractivity contribution in [3.63, 3.8) is 0 Å². The number of carbonyl (C=O) groups is 1. The van der Waals surface area contributed by atoms with Crippen molar-refractivity contribution in [3.05, 3.63) is 38.9 Å². The molecule has 2 aromatic rings. The Kier molecular flexibility index (Phi) is 4.91. The zero-order valence-electron chi connectivity index (χ0n) is 10.3. The SMILES string of the molecule is CCOC(=O)Oc1c(Br)cnn1-c1c(Cl)cccc1Cl. The van der Waals surface area contributed by atoms with Crippen LogP contribution in [0.4, 0.5) is 4.79 Å². The van der Waals surface area contributed by atoms with Crippen LogP contribution in [0.3, 0.4) is 0 Å². The molecule has 0 saturated heterocycles. The molecule has 0 N–H and O–H groups in total. The third-order valence-corrected chi connectivity index (χ3v) is 3.43. The van der Waals surface area contributed by atoms with Crippen LogP contribution in [-0.4, -0.2) is 22.5 Å². The number of para-hydroxylation sites is 1. The first-order valence-corrected chi connectivity index (χ1v) is 7.12. The van der Waals surface area contributed by atoms with Crippen LogP contribution < -0.4 is 4.74 Å². The van der Waals surface area contributed by atoms with E-state index in [1.54, 1.807) is 25.1 Å². The number of benzene rings is 1. The number of carbonyl (C=O) groups excluding carboxylic acids is 1. The predicted molar refractivity (Wildman–Crippen MR) is 78.9 cm³/mol. The van der Waals surface area contributed by atoms with Crippen LogP contribution >= 0.6 is 39.1 Å². The molecule has 2 rings (SSSR count). The topological polar surface area (TPSA) is 53.4 Å². The van der Waals surface area contributed by atoms with Crippen molar-refractivity contribution in [2.75, 3.05) is 6.61 Å². The summed E-state index contributed by atoms with van der Waals surface area (Å²) in [4.78, 5) is 11.4. The van der Waals surface area contributed by atoms with Crippen molar-refractivity contribution in [3.8, 4) is 11.6 Å². The van der Waals surface area contributed by atoms with Gasteiger partial charge in [0, 0.05) is 0 Å². The lowest BCUT2D eigenvalue weighted by Crippen LogP contribution is -2.13. The lowest BCUT2D eigenvalue weighted by atomic mass is 10.3. The minimum atomic E-state index is -0.835. The highest BCUT2D eigenvalue weighted by Gasteiger charge is 2.20. The number of hydrogen-bond acceptors (Lipinski definition) is 4. The van der Waals surface area contributed by atoms with E-state index < -0.39 is 6.16 Å². The molecule has 1 aromatic heterocycles. The van der Waals surface area contributed by atoms with Crippen LogP contribution in [-0.2, 0) is 4.74 Å². The molecule has 0 bridgehead atoms. The Hall–Kier alpha value is -1.24. The highest BCUT2D eigenvalue weighted by Crippen LogP contribution is 2.34. The minimum Gasteiger partial charge on any atom is -0.434 e. The molecule has 8 heteroatoms. The highest BCUT2D eigenvalue weighted by molar-refractivity contribution is 9.10. The molecule has 0 fully saturated rings. The zero-order valence-corrected chi connectivity index (χ0v) is 13.4. The maximum Gasteiger partial charge on any atom is 0.515 e. The molecule has 0 saturated carbocycles. The first-order chi connectivity index (χ1) is 9.54. The highest BCUT2D eigenvalue weighted by atomic mass is 79.9. The maximum absolute atomic E-state index is 11.4. The van der Waals surface area contributed by atoms with E-state index in [0.29, 0.717) is 20.2 Å². The number of aromatic nitrogens is 2. The fourth-order valence-electron chi connectivity index (χ4n) is 1.49. The third-order valence-electron chi connectivity index (χ3n) is 2.27. The monoisotopic (exact) mass is 378 g/mol. The molecule has 0 radical (unpaired) electrons. The normalized spacial score (nSPS) is 10.4. The first-order valence-electron chi connectivity index (χ1n) is 5.57. The molecule has 0 atom stereocenters. The smallest absolute Gasteiger partial charge is 0.434 e. The van der Waals surface area contributed by atoms with Gasteiger partial charge in [0.1, 0.15) is 10.2 Å². The van der Waals surface area contributed by atoms with Gasteiger partial charge < -0.3 is 9.47 Å². The fourth-order valence-corrected chi connectivity index (χ4v) is 2.38. The van der Waals surface area contributed by atoms with Crippen molar-refractivity contribution >= 4 is 45.3 Å². The second kappa shape index (κ2) is 6.47.